The van der Waals surface area contributed by atoms with Gasteiger partial charge < -0.3 is 17.0 Å². The molecule has 0 spiro atoms. The van der Waals surface area contributed by atoms with Crippen LogP contribution in [0.15, 0.2) is 41.6 Å². The van der Waals surface area contributed by atoms with Gasteiger partial charge in [0.15, 0.2) is 0 Å². The van der Waals surface area contributed by atoms with Crippen LogP contribution < -0.4 is 12.4 Å². The lowest BCUT2D eigenvalue weighted by molar-refractivity contribution is -0.00000336. The van der Waals surface area contributed by atoms with Crippen molar-refractivity contribution in [2.75, 3.05) is 5.75 Å². The summed E-state index contributed by atoms with van der Waals surface area (Å²) in [5, 5.41) is 1.25. The topological polar surface area (TPSA) is 17.8 Å². The smallest absolute Gasteiger partial charge is 0.140 e. The average molecular weight is 268 g/mol. The third-order valence-electron chi connectivity index (χ3n) is 2.46. The zero-order chi connectivity index (χ0) is 11.4. The van der Waals surface area contributed by atoms with Crippen LogP contribution in [0.25, 0.3) is 11.4 Å². The number of hydrogen-bond donors (Lipinski definition) is 0. The fourth-order valence-electron chi connectivity index (χ4n) is 1.75. The van der Waals surface area contributed by atoms with Crippen LogP contribution in [0.1, 0.15) is 13.8 Å². The van der Waals surface area contributed by atoms with Gasteiger partial charge in [0, 0.05) is 12.1 Å². The zero-order valence-electron chi connectivity index (χ0n) is 10.1. The van der Waals surface area contributed by atoms with Crippen LogP contribution in [0.3, 0.4) is 0 Å². The Kier molecular flexibility index (Phi) is 5.59. The van der Waals surface area contributed by atoms with E-state index in [1.807, 2.05) is 24.0 Å². The molecule has 0 atom stereocenters. The second kappa shape index (κ2) is 6.72. The summed E-state index contributed by atoms with van der Waals surface area (Å²) < 4.78 is 2.27. The van der Waals surface area contributed by atoms with Crippen molar-refractivity contribution >= 4 is 11.8 Å². The summed E-state index contributed by atoms with van der Waals surface area (Å²) in [6.07, 6.45) is 1.97. The molecule has 4 heteroatoms. The maximum Gasteiger partial charge on any atom is 0.140 e. The minimum Gasteiger partial charge on any atom is -1.00 e. The number of rotatable bonds is 4. The summed E-state index contributed by atoms with van der Waals surface area (Å²) in [7, 11) is 0. The summed E-state index contributed by atoms with van der Waals surface area (Å²) >= 11 is 1.84. The molecule has 1 aromatic carbocycles. The van der Waals surface area contributed by atoms with Crippen LogP contribution in [0.2, 0.25) is 0 Å². The highest BCUT2D eigenvalue weighted by atomic mass is 35.5. The SMILES string of the molecule is CCSc1cnc(-c2ccccc2)n1CC.[Cl-]. The standard InChI is InChI=1S/C13H16N2S.ClH/c1-3-15-12(16-4-2)10-14-13(15)11-8-6-5-7-9-11;/h5-10H,3-4H2,1-2H3;1H/p-1. The van der Waals surface area contributed by atoms with E-state index in [0.29, 0.717) is 0 Å². The molecule has 0 amide bonds. The molecule has 0 fully saturated rings. The van der Waals surface area contributed by atoms with Crippen molar-refractivity contribution in [2.45, 2.75) is 25.4 Å². The van der Waals surface area contributed by atoms with E-state index in [1.165, 1.54) is 10.6 Å². The first-order valence-electron chi connectivity index (χ1n) is 5.60. The zero-order valence-corrected chi connectivity index (χ0v) is 11.6. The molecule has 92 valence electrons. The first kappa shape index (κ1) is 14.1. The van der Waals surface area contributed by atoms with Crippen molar-refractivity contribution in [2.24, 2.45) is 0 Å². The van der Waals surface area contributed by atoms with Crippen molar-refractivity contribution in [1.29, 1.82) is 0 Å². The normalized spacial score (nSPS) is 10.0. The average Bonchev–Trinajstić information content (AvgIpc) is 2.73. The van der Waals surface area contributed by atoms with Crippen LogP contribution in [-0.4, -0.2) is 15.3 Å². The van der Waals surface area contributed by atoms with Gasteiger partial charge in [-0.05, 0) is 12.7 Å². The van der Waals surface area contributed by atoms with Gasteiger partial charge in [-0.1, -0.05) is 37.3 Å². The van der Waals surface area contributed by atoms with Crippen LogP contribution in [0.4, 0.5) is 0 Å². The maximum atomic E-state index is 4.52. The number of thioether (sulfide) groups is 1. The molecule has 2 nitrogen and oxygen atoms in total. The molecule has 0 unspecified atom stereocenters. The Morgan fingerprint density at radius 1 is 1.18 bits per heavy atom. The summed E-state index contributed by atoms with van der Waals surface area (Å²) in [5.74, 6) is 2.15. The number of nitrogens with zero attached hydrogens (tertiary/aromatic N) is 2. The predicted octanol–water partition coefficient (Wildman–Crippen LogP) is 0.686. The highest BCUT2D eigenvalue weighted by molar-refractivity contribution is 7.99. The van der Waals surface area contributed by atoms with Crippen LogP contribution >= 0.6 is 11.8 Å². The fraction of sp³-hybridized carbons (Fsp3) is 0.308. The lowest BCUT2D eigenvalue weighted by Crippen LogP contribution is -3.00. The van der Waals surface area contributed by atoms with Gasteiger partial charge in [0.2, 0.25) is 0 Å². The van der Waals surface area contributed by atoms with Crippen LogP contribution in [-0.2, 0) is 6.54 Å². The lowest BCUT2D eigenvalue weighted by atomic mass is 10.2. The van der Waals surface area contributed by atoms with E-state index in [0.717, 1.165) is 18.1 Å². The number of halogens is 1. The molecule has 2 aromatic rings. The van der Waals surface area contributed by atoms with Gasteiger partial charge in [-0.3, -0.25) is 0 Å². The van der Waals surface area contributed by atoms with Gasteiger partial charge >= 0.3 is 0 Å². The van der Waals surface area contributed by atoms with Crippen LogP contribution in [0, 0.1) is 0 Å². The fourth-order valence-corrected chi connectivity index (χ4v) is 2.54. The van der Waals surface area contributed by atoms with Gasteiger partial charge in [-0.25, -0.2) is 4.98 Å². The Labute approximate surface area is 113 Å². The predicted molar refractivity (Wildman–Crippen MR) is 69.7 cm³/mol. The van der Waals surface area contributed by atoms with Gasteiger partial charge in [-0.15, -0.1) is 11.8 Å². The molecular weight excluding hydrogens is 252 g/mol. The summed E-state index contributed by atoms with van der Waals surface area (Å²) in [6.45, 7) is 5.29. The minimum absolute atomic E-state index is 0. The lowest BCUT2D eigenvalue weighted by Gasteiger charge is -2.08. The minimum atomic E-state index is 0. The first-order chi connectivity index (χ1) is 7.86. The molecule has 0 aliphatic carbocycles. The third kappa shape index (κ3) is 3.05. The van der Waals surface area contributed by atoms with E-state index in [1.54, 1.807) is 0 Å². The number of hydrogen-bond acceptors (Lipinski definition) is 2. The number of benzene rings is 1. The Morgan fingerprint density at radius 3 is 2.47 bits per heavy atom. The first-order valence-corrected chi connectivity index (χ1v) is 6.59. The van der Waals surface area contributed by atoms with Crippen molar-refractivity contribution in [3.05, 3.63) is 36.5 Å². The molecule has 0 saturated carbocycles. The second-order valence-corrected chi connectivity index (χ2v) is 4.75. The molecule has 0 aliphatic heterocycles. The molecule has 2 rings (SSSR count). The molecular formula is C13H16ClN2S-. The van der Waals surface area contributed by atoms with Crippen molar-refractivity contribution in [1.82, 2.24) is 9.55 Å². The Hall–Kier alpha value is -0.930. The maximum absolute atomic E-state index is 4.52. The molecule has 0 radical (unpaired) electrons. The van der Waals surface area contributed by atoms with Gasteiger partial charge in [0.1, 0.15) is 5.82 Å². The van der Waals surface area contributed by atoms with E-state index in [9.17, 15) is 0 Å². The largest absolute Gasteiger partial charge is 1.00 e. The van der Waals surface area contributed by atoms with E-state index in [2.05, 4.69) is 47.7 Å². The van der Waals surface area contributed by atoms with Gasteiger partial charge in [-0.2, -0.15) is 0 Å². The quantitative estimate of drug-likeness (QED) is 0.759. The van der Waals surface area contributed by atoms with Crippen molar-refractivity contribution < 1.29 is 12.4 Å². The third-order valence-corrected chi connectivity index (χ3v) is 3.37. The summed E-state index contributed by atoms with van der Waals surface area (Å²) in [5.41, 5.74) is 1.19. The molecule has 17 heavy (non-hydrogen) atoms. The molecule has 0 saturated heterocycles. The highest BCUT2D eigenvalue weighted by Crippen LogP contribution is 2.25. The van der Waals surface area contributed by atoms with Crippen molar-refractivity contribution in [3.8, 4) is 11.4 Å². The highest BCUT2D eigenvalue weighted by Gasteiger charge is 2.09. The molecule has 1 heterocycles. The molecule has 0 bridgehead atoms. The Balaban J connectivity index is 0.00000144. The van der Waals surface area contributed by atoms with Crippen LogP contribution in [0.5, 0.6) is 0 Å². The number of aromatic nitrogens is 2. The van der Waals surface area contributed by atoms with E-state index in [-0.39, 0.29) is 12.4 Å². The van der Waals surface area contributed by atoms with Gasteiger partial charge in [0.25, 0.3) is 0 Å². The number of imidazole rings is 1. The second-order valence-electron chi connectivity index (χ2n) is 3.46. The monoisotopic (exact) mass is 267 g/mol. The van der Waals surface area contributed by atoms with E-state index in [4.69, 9.17) is 0 Å². The molecule has 0 aliphatic rings. The Morgan fingerprint density at radius 2 is 1.88 bits per heavy atom. The van der Waals surface area contributed by atoms with Gasteiger partial charge in [0.05, 0.1) is 11.2 Å². The van der Waals surface area contributed by atoms with E-state index < -0.39 is 0 Å². The molecule has 0 N–H and O–H groups in total. The van der Waals surface area contributed by atoms with E-state index >= 15 is 0 Å². The molecule has 1 aromatic heterocycles. The Bertz CT molecular complexity index is 454. The summed E-state index contributed by atoms with van der Waals surface area (Å²) in [6, 6.07) is 10.3. The summed E-state index contributed by atoms with van der Waals surface area (Å²) in [4.78, 5) is 4.52. The van der Waals surface area contributed by atoms with Crippen molar-refractivity contribution in [3.63, 3.8) is 0 Å².